The molecule has 3 aromatic rings. The van der Waals surface area contributed by atoms with Gasteiger partial charge in [-0.3, -0.25) is 14.2 Å². The zero-order chi connectivity index (χ0) is 20.8. The molecule has 0 spiro atoms. The van der Waals surface area contributed by atoms with Crippen molar-refractivity contribution in [2.45, 2.75) is 50.6 Å². The van der Waals surface area contributed by atoms with Crippen molar-refractivity contribution in [2.75, 3.05) is 11.4 Å². The number of carbonyl (C=O) groups excluding carboxylic acids is 1. The van der Waals surface area contributed by atoms with Crippen molar-refractivity contribution < 1.29 is 4.79 Å². The smallest absolute Gasteiger partial charge is 0.262 e. The van der Waals surface area contributed by atoms with E-state index in [-0.39, 0.29) is 16.7 Å². The molecule has 0 saturated heterocycles. The van der Waals surface area contributed by atoms with Gasteiger partial charge in [-0.05, 0) is 44.5 Å². The highest BCUT2D eigenvalue weighted by Crippen LogP contribution is 2.26. The Hall–Kier alpha value is -2.60. The lowest BCUT2D eigenvalue weighted by molar-refractivity contribution is -0.117. The number of carbonyl (C=O) groups is 1. The van der Waals surface area contributed by atoms with E-state index >= 15 is 0 Å². The molecule has 1 atom stereocenters. The molecule has 29 heavy (non-hydrogen) atoms. The Morgan fingerprint density at radius 1 is 1.10 bits per heavy atom. The molecule has 1 aromatic heterocycles. The molecular formula is C23H27N3O2S. The Bertz CT molecular complexity index is 1030. The summed E-state index contributed by atoms with van der Waals surface area (Å²) in [5.41, 5.74) is 1.51. The maximum Gasteiger partial charge on any atom is 0.262 e. The summed E-state index contributed by atoms with van der Waals surface area (Å²) in [6.45, 7) is 7.13. The number of aromatic nitrogens is 2. The van der Waals surface area contributed by atoms with Crippen molar-refractivity contribution in [1.29, 1.82) is 0 Å². The number of fused-ring (bicyclic) bond motifs is 1. The van der Waals surface area contributed by atoms with E-state index in [1.54, 1.807) is 9.47 Å². The largest absolute Gasteiger partial charge is 0.312 e. The van der Waals surface area contributed by atoms with Crippen LogP contribution in [0.2, 0.25) is 0 Å². The molecular weight excluding hydrogens is 382 g/mol. The highest BCUT2D eigenvalue weighted by molar-refractivity contribution is 8.00. The number of amides is 1. The molecule has 6 heteroatoms. The van der Waals surface area contributed by atoms with E-state index in [9.17, 15) is 9.59 Å². The van der Waals surface area contributed by atoms with Gasteiger partial charge in [-0.25, -0.2) is 4.98 Å². The molecule has 0 aliphatic rings. The van der Waals surface area contributed by atoms with Crippen molar-refractivity contribution in [1.82, 2.24) is 9.55 Å². The van der Waals surface area contributed by atoms with Gasteiger partial charge in [-0.15, -0.1) is 0 Å². The molecule has 5 nitrogen and oxygen atoms in total. The first-order valence-corrected chi connectivity index (χ1v) is 11.0. The highest BCUT2D eigenvalue weighted by Gasteiger charge is 2.24. The third-order valence-corrected chi connectivity index (χ3v) is 5.92. The number of hydrogen-bond donors (Lipinski definition) is 0. The van der Waals surface area contributed by atoms with Crippen LogP contribution in [-0.2, 0) is 11.3 Å². The Labute approximate surface area is 175 Å². The summed E-state index contributed by atoms with van der Waals surface area (Å²) in [4.78, 5) is 32.7. The van der Waals surface area contributed by atoms with Crippen LogP contribution in [0.5, 0.6) is 0 Å². The molecule has 0 saturated carbocycles. The minimum Gasteiger partial charge on any atom is -0.312 e. The van der Waals surface area contributed by atoms with E-state index in [4.69, 9.17) is 4.98 Å². The zero-order valence-electron chi connectivity index (χ0n) is 17.2. The number of hydrogen-bond acceptors (Lipinski definition) is 4. The van der Waals surface area contributed by atoms with Gasteiger partial charge in [0.05, 0.1) is 16.2 Å². The molecule has 0 N–H and O–H groups in total. The van der Waals surface area contributed by atoms with Gasteiger partial charge in [0, 0.05) is 18.8 Å². The molecule has 3 rings (SSSR count). The highest BCUT2D eigenvalue weighted by atomic mass is 32.2. The van der Waals surface area contributed by atoms with Crippen LogP contribution in [0.25, 0.3) is 10.9 Å². The molecule has 0 radical (unpaired) electrons. The topological polar surface area (TPSA) is 55.2 Å². The first-order valence-electron chi connectivity index (χ1n) is 10.1. The standard InChI is InChI=1S/C23H27N3O2S/c1-4-6-16-26-22(28)19-14-10-11-15-20(19)24-23(26)29-17(3)21(27)25(5-2)18-12-8-7-9-13-18/h7-15,17H,4-6,16H2,1-3H3/t17-/m0/s1. The zero-order valence-corrected chi connectivity index (χ0v) is 18.0. The Morgan fingerprint density at radius 3 is 2.48 bits per heavy atom. The van der Waals surface area contributed by atoms with Crippen molar-refractivity contribution >= 4 is 34.3 Å². The summed E-state index contributed by atoms with van der Waals surface area (Å²) in [6, 6.07) is 17.0. The quantitative estimate of drug-likeness (QED) is 0.399. The first-order chi connectivity index (χ1) is 14.1. The number of unbranched alkanes of at least 4 members (excludes halogenated alkanes) is 1. The van der Waals surface area contributed by atoms with Gasteiger partial charge < -0.3 is 4.90 Å². The number of anilines is 1. The van der Waals surface area contributed by atoms with Crippen LogP contribution in [-0.4, -0.2) is 27.3 Å². The van der Waals surface area contributed by atoms with Crippen molar-refractivity contribution in [3.63, 3.8) is 0 Å². The first kappa shape index (κ1) is 21.1. The van der Waals surface area contributed by atoms with Gasteiger partial charge in [0.2, 0.25) is 5.91 Å². The molecule has 0 fully saturated rings. The van der Waals surface area contributed by atoms with Gasteiger partial charge in [-0.2, -0.15) is 0 Å². The predicted octanol–water partition coefficient (Wildman–Crippen LogP) is 4.73. The fourth-order valence-corrected chi connectivity index (χ4v) is 4.25. The number of benzene rings is 2. The number of para-hydroxylation sites is 2. The average molecular weight is 410 g/mol. The summed E-state index contributed by atoms with van der Waals surface area (Å²) in [5, 5.41) is 0.856. The van der Waals surface area contributed by atoms with Gasteiger partial charge in [-0.1, -0.05) is 55.4 Å². The molecule has 0 aliphatic heterocycles. The van der Waals surface area contributed by atoms with Crippen LogP contribution in [0.4, 0.5) is 5.69 Å². The maximum absolute atomic E-state index is 13.1. The fraction of sp³-hybridized carbons (Fsp3) is 0.348. The van der Waals surface area contributed by atoms with Crippen LogP contribution in [0, 0.1) is 0 Å². The lowest BCUT2D eigenvalue weighted by Gasteiger charge is -2.24. The number of rotatable bonds is 8. The summed E-state index contributed by atoms with van der Waals surface area (Å²) < 4.78 is 1.72. The molecule has 152 valence electrons. The number of thioether (sulfide) groups is 1. The summed E-state index contributed by atoms with van der Waals surface area (Å²) >= 11 is 1.36. The lowest BCUT2D eigenvalue weighted by atomic mass is 10.2. The predicted molar refractivity (Wildman–Crippen MR) is 121 cm³/mol. The third kappa shape index (κ3) is 4.70. The molecule has 0 bridgehead atoms. The number of nitrogens with zero attached hydrogens (tertiary/aromatic N) is 3. The van der Waals surface area contributed by atoms with Crippen LogP contribution >= 0.6 is 11.8 Å². The van der Waals surface area contributed by atoms with Crippen molar-refractivity contribution in [3.8, 4) is 0 Å². The molecule has 1 amide bonds. The van der Waals surface area contributed by atoms with E-state index < -0.39 is 0 Å². The van der Waals surface area contributed by atoms with Crippen LogP contribution in [0.15, 0.2) is 64.5 Å². The third-order valence-electron chi connectivity index (χ3n) is 4.84. The monoisotopic (exact) mass is 409 g/mol. The maximum atomic E-state index is 13.1. The SMILES string of the molecule is CCCCn1c(S[C@@H](C)C(=O)N(CC)c2ccccc2)nc2ccccc2c1=O. The normalized spacial score (nSPS) is 12.1. The van der Waals surface area contributed by atoms with E-state index in [1.807, 2.05) is 68.4 Å². The summed E-state index contributed by atoms with van der Waals surface area (Å²) in [7, 11) is 0. The van der Waals surface area contributed by atoms with Crippen molar-refractivity contribution in [3.05, 3.63) is 65.0 Å². The average Bonchev–Trinajstić information content (AvgIpc) is 2.75. The Morgan fingerprint density at radius 2 is 1.79 bits per heavy atom. The van der Waals surface area contributed by atoms with Crippen LogP contribution < -0.4 is 10.5 Å². The second-order valence-corrected chi connectivity index (χ2v) is 8.21. The van der Waals surface area contributed by atoms with Gasteiger partial charge in [0.1, 0.15) is 0 Å². The fourth-order valence-electron chi connectivity index (χ4n) is 3.25. The minimum atomic E-state index is -0.365. The van der Waals surface area contributed by atoms with Gasteiger partial charge in [0.15, 0.2) is 5.16 Å². The van der Waals surface area contributed by atoms with E-state index in [0.717, 1.165) is 18.5 Å². The molecule has 0 aliphatic carbocycles. The minimum absolute atomic E-state index is 0.00755. The van der Waals surface area contributed by atoms with Crippen molar-refractivity contribution in [2.24, 2.45) is 0 Å². The molecule has 2 aromatic carbocycles. The second-order valence-electron chi connectivity index (χ2n) is 6.90. The van der Waals surface area contributed by atoms with E-state index in [2.05, 4.69) is 6.92 Å². The lowest BCUT2D eigenvalue weighted by Crippen LogP contribution is -2.37. The molecule has 0 unspecified atom stereocenters. The van der Waals surface area contributed by atoms with Gasteiger partial charge in [0.25, 0.3) is 5.56 Å². The van der Waals surface area contributed by atoms with Crippen LogP contribution in [0.1, 0.15) is 33.6 Å². The van der Waals surface area contributed by atoms with Gasteiger partial charge >= 0.3 is 0 Å². The van der Waals surface area contributed by atoms with E-state index in [1.165, 1.54) is 11.8 Å². The second kappa shape index (κ2) is 9.74. The summed E-state index contributed by atoms with van der Waals surface area (Å²) in [5.74, 6) is 0.00755. The summed E-state index contributed by atoms with van der Waals surface area (Å²) in [6.07, 6.45) is 1.87. The Balaban J connectivity index is 1.93. The molecule has 1 heterocycles. The van der Waals surface area contributed by atoms with Crippen LogP contribution in [0.3, 0.4) is 0 Å². The van der Waals surface area contributed by atoms with E-state index in [0.29, 0.717) is 29.1 Å². The Kier molecular flexibility index (Phi) is 7.09.